The molecular weight excluding hydrogens is 252 g/mol. The number of Topliss-reactive ketones (excluding diaryl/α,β-unsaturated/α-hetero) is 1. The molecule has 1 N–H and O–H groups in total. The minimum atomic E-state index is 0.155. The number of rotatable bonds is 2. The van der Waals surface area contributed by atoms with Gasteiger partial charge in [-0.05, 0) is 45.2 Å². The van der Waals surface area contributed by atoms with Crippen LogP contribution in [0.15, 0.2) is 0 Å². The molecule has 116 valence electrons. The molecule has 2 heterocycles. The SMILES string of the molecule is CC.CC(=O)C1CCN(C(=O)C2CCNCC2)CC1C. The third kappa shape index (κ3) is 4.30. The second-order valence-electron chi connectivity index (χ2n) is 5.79. The van der Waals surface area contributed by atoms with E-state index in [1.165, 1.54) is 0 Å². The summed E-state index contributed by atoms with van der Waals surface area (Å²) in [5.41, 5.74) is 0. The van der Waals surface area contributed by atoms with E-state index in [0.717, 1.165) is 45.4 Å². The summed E-state index contributed by atoms with van der Waals surface area (Å²) >= 11 is 0. The molecule has 4 nitrogen and oxygen atoms in total. The lowest BCUT2D eigenvalue weighted by atomic mass is 9.83. The van der Waals surface area contributed by atoms with E-state index in [2.05, 4.69) is 12.2 Å². The van der Waals surface area contributed by atoms with Crippen molar-refractivity contribution in [2.75, 3.05) is 26.2 Å². The van der Waals surface area contributed by atoms with Crippen LogP contribution >= 0.6 is 0 Å². The van der Waals surface area contributed by atoms with Crippen molar-refractivity contribution in [1.29, 1.82) is 0 Å². The van der Waals surface area contributed by atoms with Gasteiger partial charge in [0.1, 0.15) is 5.78 Å². The summed E-state index contributed by atoms with van der Waals surface area (Å²) in [6.45, 7) is 11.2. The van der Waals surface area contributed by atoms with Crippen molar-refractivity contribution in [1.82, 2.24) is 10.2 Å². The summed E-state index contributed by atoms with van der Waals surface area (Å²) in [5.74, 6) is 1.25. The Morgan fingerprint density at radius 1 is 1.10 bits per heavy atom. The number of ketones is 1. The van der Waals surface area contributed by atoms with E-state index in [-0.39, 0.29) is 17.6 Å². The lowest BCUT2D eigenvalue weighted by Crippen LogP contribution is -2.48. The molecular formula is C16H30N2O2. The van der Waals surface area contributed by atoms with E-state index in [0.29, 0.717) is 11.8 Å². The Morgan fingerprint density at radius 3 is 2.20 bits per heavy atom. The van der Waals surface area contributed by atoms with Crippen LogP contribution in [0.5, 0.6) is 0 Å². The van der Waals surface area contributed by atoms with Gasteiger partial charge in [0, 0.05) is 24.9 Å². The average molecular weight is 282 g/mol. The number of amides is 1. The number of nitrogens with zero attached hydrogens (tertiary/aromatic N) is 1. The van der Waals surface area contributed by atoms with Crippen LogP contribution in [0.1, 0.15) is 47.0 Å². The Balaban J connectivity index is 0.000000956. The molecule has 0 saturated carbocycles. The van der Waals surface area contributed by atoms with Gasteiger partial charge in [-0.2, -0.15) is 0 Å². The molecule has 2 unspecified atom stereocenters. The van der Waals surface area contributed by atoms with Crippen LogP contribution in [-0.2, 0) is 9.59 Å². The predicted octanol–water partition coefficient (Wildman–Crippen LogP) is 2.09. The summed E-state index contributed by atoms with van der Waals surface area (Å²) in [6.07, 6.45) is 2.76. The second kappa shape index (κ2) is 8.40. The fourth-order valence-corrected chi connectivity index (χ4v) is 3.28. The highest BCUT2D eigenvalue weighted by Crippen LogP contribution is 2.26. The fraction of sp³-hybridized carbons (Fsp3) is 0.875. The summed E-state index contributed by atoms with van der Waals surface area (Å²) < 4.78 is 0. The smallest absolute Gasteiger partial charge is 0.225 e. The molecule has 0 aromatic heterocycles. The third-order valence-corrected chi connectivity index (χ3v) is 4.43. The summed E-state index contributed by atoms with van der Waals surface area (Å²) in [6, 6.07) is 0. The zero-order valence-electron chi connectivity index (χ0n) is 13.4. The molecule has 0 aromatic rings. The third-order valence-electron chi connectivity index (χ3n) is 4.43. The summed E-state index contributed by atoms with van der Waals surface area (Å²) in [7, 11) is 0. The Hall–Kier alpha value is -0.900. The van der Waals surface area contributed by atoms with E-state index in [4.69, 9.17) is 0 Å². The van der Waals surface area contributed by atoms with Crippen molar-refractivity contribution in [3.05, 3.63) is 0 Å². The maximum absolute atomic E-state index is 12.4. The van der Waals surface area contributed by atoms with Gasteiger partial charge in [-0.25, -0.2) is 0 Å². The molecule has 0 spiro atoms. The molecule has 2 aliphatic heterocycles. The molecule has 0 aliphatic carbocycles. The molecule has 20 heavy (non-hydrogen) atoms. The highest BCUT2D eigenvalue weighted by atomic mass is 16.2. The first-order chi connectivity index (χ1) is 9.59. The van der Waals surface area contributed by atoms with Gasteiger partial charge in [0.25, 0.3) is 0 Å². The normalized spacial score (nSPS) is 27.5. The van der Waals surface area contributed by atoms with Gasteiger partial charge in [-0.1, -0.05) is 20.8 Å². The number of hydrogen-bond donors (Lipinski definition) is 1. The van der Waals surface area contributed by atoms with Crippen LogP contribution in [0.25, 0.3) is 0 Å². The van der Waals surface area contributed by atoms with E-state index in [1.807, 2.05) is 18.7 Å². The second-order valence-corrected chi connectivity index (χ2v) is 5.79. The lowest BCUT2D eigenvalue weighted by Gasteiger charge is -2.38. The van der Waals surface area contributed by atoms with Gasteiger partial charge in [0.15, 0.2) is 0 Å². The van der Waals surface area contributed by atoms with Crippen LogP contribution in [0.2, 0.25) is 0 Å². The highest BCUT2D eigenvalue weighted by molar-refractivity contribution is 5.81. The molecule has 2 saturated heterocycles. The number of hydrogen-bond acceptors (Lipinski definition) is 3. The Labute approximate surface area is 123 Å². The molecule has 0 aromatic carbocycles. The number of likely N-dealkylation sites (tertiary alicyclic amines) is 1. The van der Waals surface area contributed by atoms with Gasteiger partial charge in [-0.15, -0.1) is 0 Å². The first-order valence-corrected chi connectivity index (χ1v) is 8.09. The number of carbonyl (C=O) groups excluding carboxylic acids is 2. The monoisotopic (exact) mass is 282 g/mol. The van der Waals surface area contributed by atoms with Crippen LogP contribution < -0.4 is 5.32 Å². The van der Waals surface area contributed by atoms with Crippen molar-refractivity contribution < 1.29 is 9.59 Å². The molecule has 2 atom stereocenters. The minimum Gasteiger partial charge on any atom is -0.342 e. The standard InChI is InChI=1S/C14H24N2O2.C2H6/c1-10-9-16(8-5-13(10)11(2)17)14(18)12-3-6-15-7-4-12;1-2/h10,12-13,15H,3-9H2,1-2H3;1-2H3. The first kappa shape index (κ1) is 17.2. The molecule has 2 aliphatic rings. The van der Waals surface area contributed by atoms with Crippen molar-refractivity contribution >= 4 is 11.7 Å². The molecule has 0 bridgehead atoms. The van der Waals surface area contributed by atoms with Crippen molar-refractivity contribution in [3.8, 4) is 0 Å². The Bertz CT molecular complexity index is 324. The lowest BCUT2D eigenvalue weighted by molar-refractivity contribution is -0.141. The van der Waals surface area contributed by atoms with Gasteiger partial charge in [0.2, 0.25) is 5.91 Å². The molecule has 2 rings (SSSR count). The fourth-order valence-electron chi connectivity index (χ4n) is 3.28. The van der Waals surface area contributed by atoms with Crippen LogP contribution in [-0.4, -0.2) is 42.8 Å². The predicted molar refractivity (Wildman–Crippen MR) is 81.5 cm³/mol. The topological polar surface area (TPSA) is 49.4 Å². The van der Waals surface area contributed by atoms with Crippen LogP contribution in [0.3, 0.4) is 0 Å². The largest absolute Gasteiger partial charge is 0.342 e. The summed E-state index contributed by atoms with van der Waals surface area (Å²) in [4.78, 5) is 25.9. The van der Waals surface area contributed by atoms with Crippen molar-refractivity contribution in [3.63, 3.8) is 0 Å². The quantitative estimate of drug-likeness (QED) is 0.843. The van der Waals surface area contributed by atoms with E-state index in [1.54, 1.807) is 6.92 Å². The maximum Gasteiger partial charge on any atom is 0.225 e. The van der Waals surface area contributed by atoms with Crippen molar-refractivity contribution in [2.45, 2.75) is 47.0 Å². The first-order valence-electron chi connectivity index (χ1n) is 8.09. The van der Waals surface area contributed by atoms with Crippen LogP contribution in [0, 0.1) is 17.8 Å². The molecule has 2 fully saturated rings. The summed E-state index contributed by atoms with van der Waals surface area (Å²) in [5, 5.41) is 3.29. The average Bonchev–Trinajstić information content (AvgIpc) is 2.49. The highest BCUT2D eigenvalue weighted by Gasteiger charge is 2.33. The number of carbonyl (C=O) groups is 2. The van der Waals surface area contributed by atoms with Gasteiger partial charge in [-0.3, -0.25) is 9.59 Å². The van der Waals surface area contributed by atoms with E-state index >= 15 is 0 Å². The number of piperidine rings is 2. The van der Waals surface area contributed by atoms with E-state index in [9.17, 15) is 9.59 Å². The zero-order chi connectivity index (χ0) is 15.1. The van der Waals surface area contributed by atoms with Gasteiger partial charge >= 0.3 is 0 Å². The number of nitrogens with one attached hydrogen (secondary N) is 1. The minimum absolute atomic E-state index is 0.155. The van der Waals surface area contributed by atoms with Crippen molar-refractivity contribution in [2.24, 2.45) is 17.8 Å². The zero-order valence-corrected chi connectivity index (χ0v) is 13.4. The van der Waals surface area contributed by atoms with Crippen LogP contribution in [0.4, 0.5) is 0 Å². The Morgan fingerprint density at radius 2 is 1.70 bits per heavy atom. The molecule has 0 radical (unpaired) electrons. The van der Waals surface area contributed by atoms with Gasteiger partial charge in [0.05, 0.1) is 0 Å². The Kier molecular flexibility index (Phi) is 7.20. The van der Waals surface area contributed by atoms with E-state index < -0.39 is 0 Å². The van der Waals surface area contributed by atoms with Gasteiger partial charge < -0.3 is 10.2 Å². The maximum atomic E-state index is 12.4. The molecule has 4 heteroatoms. The molecule has 1 amide bonds.